The predicted molar refractivity (Wildman–Crippen MR) is 99.3 cm³/mol. The van der Waals surface area contributed by atoms with E-state index in [-0.39, 0.29) is 11.6 Å². The van der Waals surface area contributed by atoms with Crippen LogP contribution in [-0.2, 0) is 0 Å². The quantitative estimate of drug-likeness (QED) is 0.447. The van der Waals surface area contributed by atoms with E-state index in [1.165, 1.54) is 6.07 Å². The second-order valence-corrected chi connectivity index (χ2v) is 5.63. The summed E-state index contributed by atoms with van der Waals surface area (Å²) in [5.41, 5.74) is 9.32. The third kappa shape index (κ3) is 2.71. The van der Waals surface area contributed by atoms with Crippen molar-refractivity contribution in [3.8, 4) is 22.5 Å². The molecule has 0 aliphatic carbocycles. The fourth-order valence-electron chi connectivity index (χ4n) is 2.83. The summed E-state index contributed by atoms with van der Waals surface area (Å²) in [4.78, 5) is 24.1. The highest BCUT2D eigenvalue weighted by atomic mass is 16.6. The van der Waals surface area contributed by atoms with Crippen molar-refractivity contribution >= 4 is 22.7 Å². The fraction of sp³-hybridized carbons (Fsp3) is 0. The topological polar surface area (TPSA) is 108 Å². The number of nitro benzene ring substituents is 1. The van der Waals surface area contributed by atoms with Gasteiger partial charge in [0, 0.05) is 11.6 Å². The molecule has 7 nitrogen and oxygen atoms in total. The number of aromatic nitrogens is 3. The van der Waals surface area contributed by atoms with Crippen molar-refractivity contribution in [1.82, 2.24) is 15.0 Å². The Bertz CT molecular complexity index is 1130. The van der Waals surface area contributed by atoms with Crippen molar-refractivity contribution in [3.05, 3.63) is 76.8 Å². The average Bonchev–Trinajstić information content (AvgIpc) is 2.67. The van der Waals surface area contributed by atoms with Crippen molar-refractivity contribution in [2.75, 3.05) is 5.73 Å². The first-order valence-electron chi connectivity index (χ1n) is 7.87. The zero-order chi connectivity index (χ0) is 18.1. The summed E-state index contributed by atoms with van der Waals surface area (Å²) in [7, 11) is 0. The number of nitro groups is 1. The summed E-state index contributed by atoms with van der Waals surface area (Å²) in [6, 6.07) is 19.4. The largest absolute Gasteiger partial charge is 0.368 e. The van der Waals surface area contributed by atoms with Crippen LogP contribution in [0.2, 0.25) is 0 Å². The molecule has 4 aromatic rings. The monoisotopic (exact) mass is 343 g/mol. The molecule has 2 aromatic heterocycles. The van der Waals surface area contributed by atoms with Gasteiger partial charge in [-0.1, -0.05) is 42.5 Å². The Morgan fingerprint density at radius 1 is 0.846 bits per heavy atom. The summed E-state index contributed by atoms with van der Waals surface area (Å²) in [6.45, 7) is 0. The molecule has 0 aliphatic heterocycles. The molecule has 7 heteroatoms. The van der Waals surface area contributed by atoms with E-state index in [1.807, 2.05) is 30.3 Å². The molecule has 26 heavy (non-hydrogen) atoms. The van der Waals surface area contributed by atoms with Crippen LogP contribution in [0.15, 0.2) is 66.7 Å². The van der Waals surface area contributed by atoms with Crippen LogP contribution in [0, 0.1) is 10.1 Å². The van der Waals surface area contributed by atoms with Crippen LogP contribution in [0.5, 0.6) is 0 Å². The van der Waals surface area contributed by atoms with E-state index in [2.05, 4.69) is 15.0 Å². The highest BCUT2D eigenvalue weighted by molar-refractivity contribution is 5.91. The third-order valence-electron chi connectivity index (χ3n) is 3.98. The van der Waals surface area contributed by atoms with Crippen LogP contribution in [0.25, 0.3) is 33.5 Å². The fourth-order valence-corrected chi connectivity index (χ4v) is 2.83. The van der Waals surface area contributed by atoms with Gasteiger partial charge in [0.25, 0.3) is 5.69 Å². The van der Waals surface area contributed by atoms with E-state index in [0.717, 1.165) is 5.56 Å². The number of fused-ring (bicyclic) bond motifs is 1. The van der Waals surface area contributed by atoms with E-state index >= 15 is 0 Å². The lowest BCUT2D eigenvalue weighted by atomic mass is 10.1. The lowest BCUT2D eigenvalue weighted by Crippen LogP contribution is -2.00. The van der Waals surface area contributed by atoms with Gasteiger partial charge >= 0.3 is 0 Å². The van der Waals surface area contributed by atoms with E-state index in [1.54, 1.807) is 30.3 Å². The van der Waals surface area contributed by atoms with Gasteiger partial charge < -0.3 is 5.73 Å². The second-order valence-electron chi connectivity index (χ2n) is 5.63. The third-order valence-corrected chi connectivity index (χ3v) is 3.98. The van der Waals surface area contributed by atoms with Gasteiger partial charge in [-0.2, -0.15) is 0 Å². The number of nitrogen functional groups attached to an aromatic ring is 1. The Balaban J connectivity index is 1.99. The van der Waals surface area contributed by atoms with E-state index < -0.39 is 4.92 Å². The number of hydrogen-bond donors (Lipinski definition) is 1. The van der Waals surface area contributed by atoms with Gasteiger partial charge in [-0.25, -0.2) is 15.0 Å². The van der Waals surface area contributed by atoms with Crippen LogP contribution < -0.4 is 5.73 Å². The molecular formula is C19H13N5O2. The number of pyridine rings is 1. The minimum absolute atomic E-state index is 0.00280. The van der Waals surface area contributed by atoms with Crippen LogP contribution in [-0.4, -0.2) is 19.9 Å². The van der Waals surface area contributed by atoms with Gasteiger partial charge in [0.15, 0.2) is 0 Å². The molecule has 0 atom stereocenters. The van der Waals surface area contributed by atoms with Gasteiger partial charge in [-0.15, -0.1) is 0 Å². The molecule has 0 amide bonds. The van der Waals surface area contributed by atoms with Crippen molar-refractivity contribution in [2.24, 2.45) is 0 Å². The molecule has 0 radical (unpaired) electrons. The molecule has 0 spiro atoms. The number of nitrogens with zero attached hydrogens (tertiary/aromatic N) is 4. The Morgan fingerprint density at radius 3 is 2.35 bits per heavy atom. The molecule has 0 aliphatic rings. The summed E-state index contributed by atoms with van der Waals surface area (Å²) >= 11 is 0. The minimum Gasteiger partial charge on any atom is -0.368 e. The maximum Gasteiger partial charge on any atom is 0.278 e. The highest BCUT2D eigenvalue weighted by Gasteiger charge is 2.17. The Hall–Kier alpha value is -3.87. The van der Waals surface area contributed by atoms with Crippen LogP contribution in [0.1, 0.15) is 0 Å². The minimum atomic E-state index is -0.418. The predicted octanol–water partition coefficient (Wildman–Crippen LogP) is 3.85. The SMILES string of the molecule is Nc1nc(-c2ccccc2)c2nc(-c3ccccc3[N+](=O)[O-])ccc2n1. The summed E-state index contributed by atoms with van der Waals surface area (Å²) in [5, 5.41) is 11.3. The van der Waals surface area contributed by atoms with Gasteiger partial charge in [0.1, 0.15) is 11.2 Å². The lowest BCUT2D eigenvalue weighted by Gasteiger charge is -2.08. The number of anilines is 1. The molecule has 0 unspecified atom stereocenters. The first kappa shape index (κ1) is 15.6. The van der Waals surface area contributed by atoms with Crippen molar-refractivity contribution in [1.29, 1.82) is 0 Å². The molecule has 0 saturated heterocycles. The molecule has 0 bridgehead atoms. The maximum atomic E-state index is 11.3. The summed E-state index contributed by atoms with van der Waals surface area (Å²) in [5.74, 6) is 0.150. The number of rotatable bonds is 3. The number of hydrogen-bond acceptors (Lipinski definition) is 6. The molecular weight excluding hydrogens is 330 g/mol. The van der Waals surface area contributed by atoms with Crippen molar-refractivity contribution in [3.63, 3.8) is 0 Å². The number of nitrogens with two attached hydrogens (primary N) is 1. The van der Waals surface area contributed by atoms with E-state index in [4.69, 9.17) is 5.73 Å². The number of benzene rings is 2. The lowest BCUT2D eigenvalue weighted by molar-refractivity contribution is -0.384. The summed E-state index contributed by atoms with van der Waals surface area (Å²) < 4.78 is 0. The number of para-hydroxylation sites is 1. The Morgan fingerprint density at radius 2 is 1.58 bits per heavy atom. The van der Waals surface area contributed by atoms with Crippen molar-refractivity contribution in [2.45, 2.75) is 0 Å². The first-order chi connectivity index (χ1) is 12.6. The van der Waals surface area contributed by atoms with Crippen molar-refractivity contribution < 1.29 is 4.92 Å². The second kappa shape index (κ2) is 6.21. The molecule has 2 heterocycles. The average molecular weight is 343 g/mol. The molecule has 2 aromatic carbocycles. The van der Waals surface area contributed by atoms with Gasteiger partial charge in [0.05, 0.1) is 21.7 Å². The normalized spacial score (nSPS) is 10.8. The van der Waals surface area contributed by atoms with Crippen LogP contribution in [0.3, 0.4) is 0 Å². The van der Waals surface area contributed by atoms with Crippen LogP contribution >= 0.6 is 0 Å². The van der Waals surface area contributed by atoms with Gasteiger partial charge in [-0.3, -0.25) is 10.1 Å². The van der Waals surface area contributed by atoms with E-state index in [9.17, 15) is 10.1 Å². The van der Waals surface area contributed by atoms with Crippen LogP contribution in [0.4, 0.5) is 11.6 Å². The summed E-state index contributed by atoms with van der Waals surface area (Å²) in [6.07, 6.45) is 0. The Kier molecular flexibility index (Phi) is 3.74. The Labute approximate surface area is 148 Å². The molecule has 4 rings (SSSR count). The smallest absolute Gasteiger partial charge is 0.278 e. The molecule has 0 fully saturated rings. The van der Waals surface area contributed by atoms with E-state index in [0.29, 0.717) is 28.0 Å². The standard InChI is InChI=1S/C19H13N5O2/c20-19-22-15-11-10-14(13-8-4-5-9-16(13)24(25)26)21-18(15)17(23-19)12-6-2-1-3-7-12/h1-11H,(H2,20,22,23). The molecule has 2 N–H and O–H groups in total. The molecule has 126 valence electrons. The molecule has 0 saturated carbocycles. The van der Waals surface area contributed by atoms with Gasteiger partial charge in [-0.05, 0) is 18.2 Å². The maximum absolute atomic E-state index is 11.3. The zero-order valence-electron chi connectivity index (χ0n) is 13.5. The first-order valence-corrected chi connectivity index (χ1v) is 7.87. The van der Waals surface area contributed by atoms with Gasteiger partial charge in [0.2, 0.25) is 5.95 Å². The zero-order valence-corrected chi connectivity index (χ0v) is 13.5. The highest BCUT2D eigenvalue weighted by Crippen LogP contribution is 2.31.